The van der Waals surface area contributed by atoms with E-state index < -0.39 is 5.97 Å². The maximum absolute atomic E-state index is 13.1. The van der Waals surface area contributed by atoms with Gasteiger partial charge in [0.2, 0.25) is 0 Å². The summed E-state index contributed by atoms with van der Waals surface area (Å²) in [6, 6.07) is 4.12. The van der Waals surface area contributed by atoms with Crippen LogP contribution >= 0.6 is 0 Å². The quantitative estimate of drug-likeness (QED) is 0.618. The monoisotopic (exact) mass is 225 g/mol. The fraction of sp³-hybridized carbons (Fsp3) is 0.417. The van der Waals surface area contributed by atoms with Crippen molar-refractivity contribution >= 4 is 11.7 Å². The van der Waals surface area contributed by atoms with Crippen molar-refractivity contribution in [3.05, 3.63) is 29.6 Å². The zero-order valence-electron chi connectivity index (χ0n) is 9.55. The van der Waals surface area contributed by atoms with Crippen molar-refractivity contribution in [1.29, 1.82) is 0 Å². The molecule has 0 amide bonds. The molecule has 0 saturated heterocycles. The number of rotatable bonds is 5. The molecule has 1 aromatic rings. The lowest BCUT2D eigenvalue weighted by Crippen LogP contribution is -2.07. The molecule has 1 rings (SSSR count). The summed E-state index contributed by atoms with van der Waals surface area (Å²) < 4.78 is 18.1. The predicted molar refractivity (Wildman–Crippen MR) is 61.1 cm³/mol. The number of unbranched alkanes of at least 4 members (excludes halogenated alkanes) is 1. The SMILES string of the molecule is CCCCOC(=O)c1ccc(F)c(NC)c1. The fourth-order valence-corrected chi connectivity index (χ4v) is 1.24. The second kappa shape index (κ2) is 6.10. The predicted octanol–water partition coefficient (Wildman–Crippen LogP) is 2.82. The minimum absolute atomic E-state index is 0.296. The van der Waals surface area contributed by atoms with Gasteiger partial charge < -0.3 is 10.1 Å². The number of halogens is 1. The first kappa shape index (κ1) is 12.5. The summed E-state index contributed by atoms with van der Waals surface area (Å²) >= 11 is 0. The average molecular weight is 225 g/mol. The van der Waals surface area contributed by atoms with Crippen LogP contribution in [0, 0.1) is 5.82 Å². The highest BCUT2D eigenvalue weighted by atomic mass is 19.1. The van der Waals surface area contributed by atoms with Crippen molar-refractivity contribution in [2.24, 2.45) is 0 Å². The van der Waals surface area contributed by atoms with Crippen molar-refractivity contribution in [1.82, 2.24) is 0 Å². The summed E-state index contributed by atoms with van der Waals surface area (Å²) in [5, 5.41) is 2.67. The van der Waals surface area contributed by atoms with Gasteiger partial charge in [-0.3, -0.25) is 0 Å². The molecule has 0 heterocycles. The fourth-order valence-electron chi connectivity index (χ4n) is 1.24. The standard InChI is InChI=1S/C12H16FNO2/c1-3-4-7-16-12(15)9-5-6-10(13)11(8-9)14-2/h5-6,8,14H,3-4,7H2,1-2H3. The summed E-state index contributed by atoms with van der Waals surface area (Å²) in [6.45, 7) is 2.42. The van der Waals surface area contributed by atoms with Crippen LogP contribution in [0.3, 0.4) is 0 Å². The van der Waals surface area contributed by atoms with Crippen molar-refractivity contribution in [2.75, 3.05) is 19.0 Å². The lowest BCUT2D eigenvalue weighted by molar-refractivity contribution is 0.0500. The number of carbonyl (C=O) groups is 1. The highest BCUT2D eigenvalue weighted by Crippen LogP contribution is 2.16. The van der Waals surface area contributed by atoms with Crippen LogP contribution in [0.4, 0.5) is 10.1 Å². The molecule has 0 aromatic heterocycles. The second-order valence-electron chi connectivity index (χ2n) is 3.43. The van der Waals surface area contributed by atoms with E-state index in [0.717, 1.165) is 12.8 Å². The van der Waals surface area contributed by atoms with E-state index in [1.807, 2.05) is 6.92 Å². The van der Waals surface area contributed by atoms with E-state index >= 15 is 0 Å². The van der Waals surface area contributed by atoms with Crippen LogP contribution in [0.5, 0.6) is 0 Å². The molecule has 16 heavy (non-hydrogen) atoms. The van der Waals surface area contributed by atoms with Gasteiger partial charge in [0.25, 0.3) is 0 Å². The molecule has 3 nitrogen and oxygen atoms in total. The highest BCUT2D eigenvalue weighted by Gasteiger charge is 2.09. The minimum Gasteiger partial charge on any atom is -0.462 e. The maximum Gasteiger partial charge on any atom is 0.338 e. The van der Waals surface area contributed by atoms with Crippen LogP contribution in [0.15, 0.2) is 18.2 Å². The molecule has 0 saturated carbocycles. The molecule has 4 heteroatoms. The smallest absolute Gasteiger partial charge is 0.338 e. The summed E-state index contributed by atoms with van der Waals surface area (Å²) in [5.74, 6) is -0.794. The van der Waals surface area contributed by atoms with Crippen molar-refractivity contribution in [3.8, 4) is 0 Å². The van der Waals surface area contributed by atoms with E-state index in [9.17, 15) is 9.18 Å². The number of carbonyl (C=O) groups excluding carboxylic acids is 1. The Hall–Kier alpha value is -1.58. The van der Waals surface area contributed by atoms with Gasteiger partial charge in [0, 0.05) is 7.05 Å². The number of anilines is 1. The average Bonchev–Trinajstić information content (AvgIpc) is 2.30. The van der Waals surface area contributed by atoms with Gasteiger partial charge in [-0.15, -0.1) is 0 Å². The van der Waals surface area contributed by atoms with Gasteiger partial charge in [-0.2, -0.15) is 0 Å². The topological polar surface area (TPSA) is 38.3 Å². The first-order chi connectivity index (χ1) is 7.69. The van der Waals surface area contributed by atoms with E-state index in [-0.39, 0.29) is 5.82 Å². The molecule has 0 aliphatic rings. The van der Waals surface area contributed by atoms with E-state index in [1.54, 1.807) is 7.05 Å². The molecule has 0 bridgehead atoms. The Labute approximate surface area is 94.6 Å². The summed E-state index contributed by atoms with van der Waals surface area (Å²) in [5.41, 5.74) is 0.659. The molecular weight excluding hydrogens is 209 g/mol. The third-order valence-electron chi connectivity index (χ3n) is 2.20. The molecule has 0 spiro atoms. The van der Waals surface area contributed by atoms with Crippen LogP contribution in [0.1, 0.15) is 30.1 Å². The van der Waals surface area contributed by atoms with E-state index in [1.165, 1.54) is 18.2 Å². The lowest BCUT2D eigenvalue weighted by Gasteiger charge is -2.06. The van der Waals surface area contributed by atoms with E-state index in [2.05, 4.69) is 5.32 Å². The third kappa shape index (κ3) is 3.22. The summed E-state index contributed by atoms with van der Waals surface area (Å²) in [6.07, 6.45) is 1.81. The van der Waals surface area contributed by atoms with E-state index in [0.29, 0.717) is 17.9 Å². The molecule has 1 N–H and O–H groups in total. The van der Waals surface area contributed by atoms with Crippen LogP contribution in [-0.4, -0.2) is 19.6 Å². The van der Waals surface area contributed by atoms with Gasteiger partial charge in [-0.05, 0) is 24.6 Å². The Morgan fingerprint density at radius 2 is 2.25 bits per heavy atom. The lowest BCUT2D eigenvalue weighted by atomic mass is 10.2. The van der Waals surface area contributed by atoms with Crippen molar-refractivity contribution in [3.63, 3.8) is 0 Å². The van der Waals surface area contributed by atoms with Crippen LogP contribution < -0.4 is 5.32 Å². The maximum atomic E-state index is 13.1. The Kier molecular flexibility index (Phi) is 4.76. The summed E-state index contributed by atoms with van der Waals surface area (Å²) in [7, 11) is 1.60. The van der Waals surface area contributed by atoms with Gasteiger partial charge in [-0.25, -0.2) is 9.18 Å². The highest BCUT2D eigenvalue weighted by molar-refractivity contribution is 5.90. The Balaban J connectivity index is 2.68. The second-order valence-corrected chi connectivity index (χ2v) is 3.43. The van der Waals surface area contributed by atoms with Gasteiger partial charge in [-0.1, -0.05) is 13.3 Å². The largest absolute Gasteiger partial charge is 0.462 e. The van der Waals surface area contributed by atoms with Gasteiger partial charge >= 0.3 is 5.97 Å². The number of benzene rings is 1. The van der Waals surface area contributed by atoms with Gasteiger partial charge in [0.05, 0.1) is 17.9 Å². The molecule has 0 atom stereocenters. The van der Waals surface area contributed by atoms with Crippen LogP contribution in [-0.2, 0) is 4.74 Å². The van der Waals surface area contributed by atoms with E-state index in [4.69, 9.17) is 4.74 Å². The van der Waals surface area contributed by atoms with Crippen LogP contribution in [0.2, 0.25) is 0 Å². The number of hydrogen-bond donors (Lipinski definition) is 1. The van der Waals surface area contributed by atoms with Gasteiger partial charge in [0.15, 0.2) is 0 Å². The summed E-state index contributed by atoms with van der Waals surface area (Å²) in [4.78, 5) is 11.5. The molecule has 0 fully saturated rings. The molecule has 0 aliphatic heterocycles. The van der Waals surface area contributed by atoms with Gasteiger partial charge in [0.1, 0.15) is 5.82 Å². The number of nitrogens with one attached hydrogen (secondary N) is 1. The first-order valence-electron chi connectivity index (χ1n) is 5.33. The first-order valence-corrected chi connectivity index (χ1v) is 5.33. The molecule has 0 aliphatic carbocycles. The van der Waals surface area contributed by atoms with Crippen molar-refractivity contribution in [2.45, 2.75) is 19.8 Å². The number of esters is 1. The Morgan fingerprint density at radius 3 is 2.88 bits per heavy atom. The molecule has 0 radical (unpaired) electrons. The molecule has 1 aromatic carbocycles. The molecule has 0 unspecified atom stereocenters. The van der Waals surface area contributed by atoms with Crippen molar-refractivity contribution < 1.29 is 13.9 Å². The zero-order chi connectivity index (χ0) is 12.0. The Bertz CT molecular complexity index is 366. The normalized spacial score (nSPS) is 9.94. The number of ether oxygens (including phenoxy) is 1. The number of hydrogen-bond acceptors (Lipinski definition) is 3. The third-order valence-corrected chi connectivity index (χ3v) is 2.20. The van der Waals surface area contributed by atoms with Crippen LogP contribution in [0.25, 0.3) is 0 Å². The molecular formula is C12H16FNO2. The molecule has 88 valence electrons. The Morgan fingerprint density at radius 1 is 1.50 bits per heavy atom. The minimum atomic E-state index is -0.412. The zero-order valence-corrected chi connectivity index (χ0v) is 9.55.